The number of benzene rings is 1. The molecular formula is C32H48ClN5O7. The first-order chi connectivity index (χ1) is 21.1. The molecule has 1 aliphatic carbocycles. The van der Waals surface area contributed by atoms with Gasteiger partial charge in [0.25, 0.3) is 5.91 Å². The van der Waals surface area contributed by atoms with Gasteiger partial charge < -0.3 is 25.4 Å². The molecule has 4 atom stereocenters. The number of nitrogens with two attached hydrogens (primary N) is 1. The summed E-state index contributed by atoms with van der Waals surface area (Å²) in [5, 5.41) is 4.90. The molecule has 0 aromatic heterocycles. The molecular weight excluding hydrogens is 602 g/mol. The molecule has 1 saturated carbocycles. The second-order valence-corrected chi connectivity index (χ2v) is 13.4. The van der Waals surface area contributed by atoms with E-state index in [-0.39, 0.29) is 31.0 Å². The monoisotopic (exact) mass is 649 g/mol. The Morgan fingerprint density at radius 1 is 1.02 bits per heavy atom. The average Bonchev–Trinajstić information content (AvgIpc) is 3.43. The van der Waals surface area contributed by atoms with Crippen molar-refractivity contribution in [1.82, 2.24) is 20.7 Å². The Labute approximate surface area is 270 Å². The first-order valence-corrected chi connectivity index (χ1v) is 16.1. The second kappa shape index (κ2) is 16.4. The van der Waals surface area contributed by atoms with Gasteiger partial charge in [0, 0.05) is 43.5 Å². The fraction of sp³-hybridized carbons (Fsp3) is 0.656. The zero-order chi connectivity index (χ0) is 33.3. The van der Waals surface area contributed by atoms with E-state index in [1.165, 1.54) is 6.92 Å². The summed E-state index contributed by atoms with van der Waals surface area (Å²) in [5.74, 6) is -3.22. The smallest absolute Gasteiger partial charge is 0.333 e. The standard InChI is InChI=1S/C32H48ClN5O7/c1-20(19-44-21(2)39)30(42)38(24-9-7-6-8-10-24)25-15-16-37(18-25)36-28(40)26(17-22-11-13-23(33)14-12-22)35-29(41)27(34)31(43)45-32(3,4)5/h11-14,20,24-27H,6-10,15-19,34H2,1-5H3,(H,35,41)(H,36,40)/t20-,25+,26?,27-/m1/s1. The highest BCUT2D eigenvalue weighted by Gasteiger charge is 2.39. The Hall–Kier alpha value is -3.22. The zero-order valence-corrected chi connectivity index (χ0v) is 27.7. The maximum Gasteiger partial charge on any atom is 0.333 e. The maximum absolute atomic E-state index is 13.7. The molecule has 2 aliphatic rings. The van der Waals surface area contributed by atoms with Gasteiger partial charge >= 0.3 is 11.9 Å². The topological polar surface area (TPSA) is 160 Å². The summed E-state index contributed by atoms with van der Waals surface area (Å²) in [7, 11) is 0. The van der Waals surface area contributed by atoms with E-state index in [0.29, 0.717) is 24.5 Å². The van der Waals surface area contributed by atoms with Gasteiger partial charge in [-0.25, -0.2) is 9.80 Å². The van der Waals surface area contributed by atoms with E-state index in [9.17, 15) is 24.0 Å². The van der Waals surface area contributed by atoms with Crippen molar-refractivity contribution in [3.05, 3.63) is 34.9 Å². The van der Waals surface area contributed by atoms with E-state index in [1.54, 1.807) is 57.0 Å². The quantitative estimate of drug-likeness (QED) is 0.228. The van der Waals surface area contributed by atoms with Gasteiger partial charge in [0.2, 0.25) is 11.8 Å². The number of amides is 3. The van der Waals surface area contributed by atoms with Crippen molar-refractivity contribution in [2.24, 2.45) is 11.7 Å². The largest absolute Gasteiger partial charge is 0.465 e. The number of nitrogens with zero attached hydrogens (tertiary/aromatic N) is 2. The Balaban J connectivity index is 1.72. The number of carbonyl (C=O) groups is 5. The normalized spacial score (nSPS) is 19.6. The first-order valence-electron chi connectivity index (χ1n) is 15.7. The lowest BCUT2D eigenvalue weighted by atomic mass is 9.92. The van der Waals surface area contributed by atoms with E-state index in [2.05, 4.69) is 10.7 Å². The Morgan fingerprint density at radius 3 is 2.27 bits per heavy atom. The minimum atomic E-state index is -1.62. The van der Waals surface area contributed by atoms with E-state index < -0.39 is 47.4 Å². The lowest BCUT2D eigenvalue weighted by Crippen LogP contribution is -2.58. The van der Waals surface area contributed by atoms with Crippen LogP contribution in [0.1, 0.15) is 78.7 Å². The Kier molecular flexibility index (Phi) is 13.2. The molecule has 1 saturated heterocycles. The van der Waals surface area contributed by atoms with E-state index in [0.717, 1.165) is 37.7 Å². The molecule has 1 aliphatic heterocycles. The van der Waals surface area contributed by atoms with Crippen LogP contribution in [0.15, 0.2) is 24.3 Å². The average molecular weight is 650 g/mol. The van der Waals surface area contributed by atoms with Gasteiger partial charge in [0.05, 0.1) is 5.92 Å². The third kappa shape index (κ3) is 11.3. The fourth-order valence-electron chi connectivity index (χ4n) is 5.69. The van der Waals surface area contributed by atoms with Crippen LogP contribution < -0.4 is 16.5 Å². The van der Waals surface area contributed by atoms with E-state index >= 15 is 0 Å². The SMILES string of the molecule is CC(=O)OC[C@@H](C)C(=O)N(C1CCCCC1)[C@H]1CCN(NC(=O)C(Cc2ccc(Cl)cc2)NC(=O)[C@@H](N)C(=O)OC(C)(C)C)C1. The summed E-state index contributed by atoms with van der Waals surface area (Å²) in [4.78, 5) is 66.0. The number of rotatable bonds is 12. The van der Waals surface area contributed by atoms with Gasteiger partial charge in [-0.2, -0.15) is 0 Å². The Morgan fingerprint density at radius 2 is 1.67 bits per heavy atom. The van der Waals surface area contributed by atoms with Crippen LogP contribution in [0, 0.1) is 5.92 Å². The summed E-state index contributed by atoms with van der Waals surface area (Å²) in [6.45, 7) is 8.99. The van der Waals surface area contributed by atoms with Crippen LogP contribution in [0.5, 0.6) is 0 Å². The van der Waals surface area contributed by atoms with Crippen LogP contribution in [-0.2, 0) is 39.9 Å². The van der Waals surface area contributed by atoms with Gasteiger partial charge in [-0.15, -0.1) is 0 Å². The van der Waals surface area contributed by atoms with Crippen molar-refractivity contribution >= 4 is 41.3 Å². The van der Waals surface area contributed by atoms with Crippen LogP contribution in [0.4, 0.5) is 0 Å². The molecule has 1 aromatic rings. The third-order valence-corrected chi connectivity index (χ3v) is 8.19. The molecule has 3 rings (SSSR count). The number of hydrogen-bond donors (Lipinski definition) is 3. The van der Waals surface area contributed by atoms with E-state index in [4.69, 9.17) is 26.8 Å². The fourth-order valence-corrected chi connectivity index (χ4v) is 5.81. The summed E-state index contributed by atoms with van der Waals surface area (Å²) in [6, 6.07) is 4.12. The summed E-state index contributed by atoms with van der Waals surface area (Å²) in [6.07, 6.45) is 5.78. The predicted molar refractivity (Wildman–Crippen MR) is 169 cm³/mol. The zero-order valence-electron chi connectivity index (χ0n) is 27.0. The minimum absolute atomic E-state index is 0.0159. The second-order valence-electron chi connectivity index (χ2n) is 13.0. The highest BCUT2D eigenvalue weighted by Crippen LogP contribution is 2.29. The number of ether oxygens (including phenoxy) is 2. The molecule has 13 heteroatoms. The molecule has 2 fully saturated rings. The van der Waals surface area contributed by atoms with Crippen molar-refractivity contribution in [2.45, 2.75) is 109 Å². The van der Waals surface area contributed by atoms with Gasteiger partial charge in [0.1, 0.15) is 18.2 Å². The predicted octanol–water partition coefficient (Wildman–Crippen LogP) is 2.50. The molecule has 1 heterocycles. The first kappa shape index (κ1) is 36.3. The van der Waals surface area contributed by atoms with Gasteiger partial charge in [-0.3, -0.25) is 24.6 Å². The number of hydrazine groups is 1. The molecule has 12 nitrogen and oxygen atoms in total. The van der Waals surface area contributed by atoms with Crippen molar-refractivity contribution < 1.29 is 33.4 Å². The van der Waals surface area contributed by atoms with Crippen LogP contribution >= 0.6 is 11.6 Å². The number of esters is 2. The number of carbonyl (C=O) groups excluding carboxylic acids is 5. The van der Waals surface area contributed by atoms with E-state index in [1.807, 2.05) is 4.90 Å². The maximum atomic E-state index is 13.7. The van der Waals surface area contributed by atoms with Gasteiger partial charge in [-0.05, 0) is 57.7 Å². The third-order valence-electron chi connectivity index (χ3n) is 7.94. The van der Waals surface area contributed by atoms with Gasteiger partial charge in [-0.1, -0.05) is 49.9 Å². The molecule has 0 bridgehead atoms. The molecule has 250 valence electrons. The number of halogens is 1. The molecule has 0 radical (unpaired) electrons. The van der Waals surface area contributed by atoms with Gasteiger partial charge in [0.15, 0.2) is 6.04 Å². The molecule has 4 N–H and O–H groups in total. The lowest BCUT2D eigenvalue weighted by molar-refractivity contribution is -0.159. The van der Waals surface area contributed by atoms with Crippen LogP contribution in [0.25, 0.3) is 0 Å². The number of hydrogen-bond acceptors (Lipinski definition) is 9. The highest BCUT2D eigenvalue weighted by molar-refractivity contribution is 6.30. The molecule has 0 spiro atoms. The molecule has 1 unspecified atom stereocenters. The summed E-state index contributed by atoms with van der Waals surface area (Å²) in [5.41, 5.74) is 8.70. The lowest BCUT2D eigenvalue weighted by Gasteiger charge is -2.40. The van der Waals surface area contributed by atoms with Crippen LogP contribution in [0.3, 0.4) is 0 Å². The highest BCUT2D eigenvalue weighted by atomic mass is 35.5. The summed E-state index contributed by atoms with van der Waals surface area (Å²) >= 11 is 6.03. The molecule has 3 amide bonds. The van der Waals surface area contributed by atoms with Crippen molar-refractivity contribution in [3.8, 4) is 0 Å². The van der Waals surface area contributed by atoms with Crippen molar-refractivity contribution in [3.63, 3.8) is 0 Å². The molecule has 45 heavy (non-hydrogen) atoms. The van der Waals surface area contributed by atoms with Crippen molar-refractivity contribution in [1.29, 1.82) is 0 Å². The van der Waals surface area contributed by atoms with Crippen molar-refractivity contribution in [2.75, 3.05) is 19.7 Å². The summed E-state index contributed by atoms with van der Waals surface area (Å²) < 4.78 is 10.4. The number of nitrogens with one attached hydrogen (secondary N) is 2. The van der Waals surface area contributed by atoms with Crippen LogP contribution in [0.2, 0.25) is 5.02 Å². The van der Waals surface area contributed by atoms with Crippen LogP contribution in [-0.4, -0.2) is 89.0 Å². The molecule has 1 aromatic carbocycles. The Bertz CT molecular complexity index is 1200. The minimum Gasteiger partial charge on any atom is -0.465 e.